The van der Waals surface area contributed by atoms with E-state index in [-0.39, 0.29) is 32.8 Å². The van der Waals surface area contributed by atoms with Gasteiger partial charge in [0.15, 0.2) is 0 Å². The summed E-state index contributed by atoms with van der Waals surface area (Å²) >= 11 is 3.30. The SMILES string of the molecule is CCOP(=O)(OCC)C(O)(CCCCBr)P(=O)(OCC)OCC. The molecule has 0 fully saturated rings. The van der Waals surface area contributed by atoms with E-state index in [4.69, 9.17) is 18.1 Å². The van der Waals surface area contributed by atoms with Crippen molar-refractivity contribution in [2.45, 2.75) is 52.0 Å². The molecular weight excluding hydrogens is 410 g/mol. The minimum atomic E-state index is -4.14. The summed E-state index contributed by atoms with van der Waals surface area (Å²) in [5.74, 6) is 0. The summed E-state index contributed by atoms with van der Waals surface area (Å²) in [7, 11) is -8.27. The zero-order chi connectivity index (χ0) is 18.0. The number of halogens is 1. The molecule has 0 amide bonds. The summed E-state index contributed by atoms with van der Waals surface area (Å²) in [5, 5.41) is 9.52. The van der Waals surface area contributed by atoms with Gasteiger partial charge < -0.3 is 23.2 Å². The first kappa shape index (κ1) is 23.7. The largest absolute Gasteiger partial charge is 0.374 e. The Bertz CT molecular complexity index is 369. The quantitative estimate of drug-likeness (QED) is 0.238. The number of unbranched alkanes of at least 4 members (excludes halogenated alkanes) is 1. The molecule has 0 aromatic heterocycles. The highest BCUT2D eigenvalue weighted by Gasteiger charge is 2.64. The molecule has 23 heavy (non-hydrogen) atoms. The number of aliphatic hydroxyl groups is 1. The van der Waals surface area contributed by atoms with E-state index in [1.807, 2.05) is 0 Å². The molecule has 10 heteroatoms. The van der Waals surface area contributed by atoms with Crippen LogP contribution in [0.5, 0.6) is 0 Å². The van der Waals surface area contributed by atoms with Crippen LogP contribution < -0.4 is 0 Å². The lowest BCUT2D eigenvalue weighted by molar-refractivity contribution is 0.0762. The van der Waals surface area contributed by atoms with Gasteiger partial charge in [0.05, 0.1) is 26.4 Å². The molecule has 0 aliphatic carbocycles. The van der Waals surface area contributed by atoms with Crippen molar-refractivity contribution in [3.63, 3.8) is 0 Å². The maximum absolute atomic E-state index is 13.2. The van der Waals surface area contributed by atoms with E-state index >= 15 is 0 Å². The second-order valence-corrected chi connectivity index (χ2v) is 10.2. The summed E-state index contributed by atoms with van der Waals surface area (Å²) in [5.41, 5.74) is 0. The molecule has 1 N–H and O–H groups in total. The van der Waals surface area contributed by atoms with Crippen LogP contribution in [0.3, 0.4) is 0 Å². The average Bonchev–Trinajstić information content (AvgIpc) is 2.48. The molecule has 0 unspecified atom stereocenters. The molecule has 0 aliphatic rings. The number of rotatable bonds is 14. The van der Waals surface area contributed by atoms with Crippen molar-refractivity contribution in [2.75, 3.05) is 31.8 Å². The summed E-state index contributed by atoms with van der Waals surface area (Å²) < 4.78 is 47.4. The van der Waals surface area contributed by atoms with Crippen molar-refractivity contribution in [1.82, 2.24) is 0 Å². The summed E-state index contributed by atoms with van der Waals surface area (Å²) in [6.45, 7) is 6.64. The lowest BCUT2D eigenvalue weighted by Gasteiger charge is -2.38. The maximum Gasteiger partial charge on any atom is 0.374 e. The third kappa shape index (κ3) is 5.89. The minimum Gasteiger partial charge on any atom is -0.368 e. The Labute approximate surface area is 147 Å². The predicted molar refractivity (Wildman–Crippen MR) is 94.3 cm³/mol. The Kier molecular flexibility index (Phi) is 11.7. The maximum atomic E-state index is 13.2. The van der Waals surface area contributed by atoms with Gasteiger partial charge in [0.1, 0.15) is 0 Å². The van der Waals surface area contributed by atoms with Gasteiger partial charge in [0.25, 0.3) is 5.08 Å². The van der Waals surface area contributed by atoms with E-state index in [2.05, 4.69) is 15.9 Å². The van der Waals surface area contributed by atoms with Crippen LogP contribution in [0.15, 0.2) is 0 Å². The second-order valence-electron chi connectivity index (χ2n) is 4.59. The van der Waals surface area contributed by atoms with Crippen LogP contribution in [-0.4, -0.2) is 41.9 Å². The molecule has 0 atom stereocenters. The minimum absolute atomic E-state index is 0.0380. The summed E-state index contributed by atoms with van der Waals surface area (Å²) in [4.78, 5) is 0. The summed E-state index contributed by atoms with van der Waals surface area (Å²) in [6.07, 6.45) is 1.07. The zero-order valence-corrected chi connectivity index (χ0v) is 17.7. The van der Waals surface area contributed by atoms with Crippen molar-refractivity contribution in [1.29, 1.82) is 0 Å². The van der Waals surface area contributed by atoms with Crippen LogP contribution in [0.2, 0.25) is 0 Å². The van der Waals surface area contributed by atoms with Crippen molar-refractivity contribution in [3.05, 3.63) is 0 Å². The summed E-state index contributed by atoms with van der Waals surface area (Å²) in [6, 6.07) is 0. The molecule has 0 aromatic carbocycles. The molecular formula is C13H29BrO7P2. The highest BCUT2D eigenvalue weighted by molar-refractivity contribution is 9.09. The number of hydrogen-bond donors (Lipinski definition) is 1. The first-order valence-corrected chi connectivity index (χ1v) is 12.1. The third-order valence-corrected chi connectivity index (χ3v) is 9.59. The van der Waals surface area contributed by atoms with Crippen molar-refractivity contribution in [3.8, 4) is 0 Å². The zero-order valence-electron chi connectivity index (χ0n) is 14.3. The topological polar surface area (TPSA) is 91.3 Å². The molecule has 7 nitrogen and oxygen atoms in total. The number of hydrogen-bond acceptors (Lipinski definition) is 7. The van der Waals surface area contributed by atoms with E-state index in [0.717, 1.165) is 0 Å². The molecule has 140 valence electrons. The van der Waals surface area contributed by atoms with Gasteiger partial charge in [-0.05, 0) is 47.0 Å². The molecule has 0 aromatic rings. The molecule has 0 saturated carbocycles. The standard InChI is InChI=1S/C13H29BrO7P2/c1-5-18-22(16,19-6-2)13(15,11-9-10-12-14)23(17,20-7-3)21-8-4/h15H,5-12H2,1-4H3. The van der Waals surface area contributed by atoms with Gasteiger partial charge in [0.2, 0.25) is 0 Å². The Morgan fingerprint density at radius 1 is 0.826 bits per heavy atom. The van der Waals surface area contributed by atoms with E-state index < -0.39 is 20.3 Å². The first-order chi connectivity index (χ1) is 10.8. The van der Waals surface area contributed by atoms with Gasteiger partial charge in [-0.15, -0.1) is 0 Å². The fourth-order valence-corrected chi connectivity index (χ4v) is 7.54. The Balaban J connectivity index is 5.93. The fourth-order valence-electron chi connectivity index (χ4n) is 2.05. The van der Waals surface area contributed by atoms with Gasteiger partial charge in [-0.1, -0.05) is 15.9 Å². The molecule has 0 saturated heterocycles. The first-order valence-electron chi connectivity index (χ1n) is 7.87. The lowest BCUT2D eigenvalue weighted by atomic mass is 10.3. The van der Waals surface area contributed by atoms with Gasteiger partial charge in [-0.25, -0.2) is 0 Å². The van der Waals surface area contributed by atoms with Gasteiger partial charge in [-0.3, -0.25) is 9.13 Å². The van der Waals surface area contributed by atoms with E-state index in [9.17, 15) is 14.2 Å². The van der Waals surface area contributed by atoms with E-state index in [1.54, 1.807) is 27.7 Å². The Hall–Kier alpha value is 0.740. The fraction of sp³-hybridized carbons (Fsp3) is 1.00. The van der Waals surface area contributed by atoms with Crippen LogP contribution in [0.4, 0.5) is 0 Å². The lowest BCUT2D eigenvalue weighted by Crippen LogP contribution is -2.33. The highest BCUT2D eigenvalue weighted by atomic mass is 79.9. The van der Waals surface area contributed by atoms with Crippen molar-refractivity contribution >= 4 is 31.1 Å². The van der Waals surface area contributed by atoms with Crippen LogP contribution >= 0.6 is 31.1 Å². The number of alkyl halides is 1. The van der Waals surface area contributed by atoms with Crippen LogP contribution in [-0.2, 0) is 27.2 Å². The average molecular weight is 439 g/mol. The smallest absolute Gasteiger partial charge is 0.368 e. The van der Waals surface area contributed by atoms with Gasteiger partial charge in [-0.2, -0.15) is 0 Å². The monoisotopic (exact) mass is 438 g/mol. The van der Waals surface area contributed by atoms with Crippen LogP contribution in [0.1, 0.15) is 47.0 Å². The van der Waals surface area contributed by atoms with E-state index in [1.165, 1.54) is 0 Å². The van der Waals surface area contributed by atoms with Crippen LogP contribution in [0.25, 0.3) is 0 Å². The van der Waals surface area contributed by atoms with Crippen molar-refractivity contribution < 1.29 is 32.3 Å². The van der Waals surface area contributed by atoms with Gasteiger partial charge in [0, 0.05) is 5.33 Å². The molecule has 0 spiro atoms. The molecule has 0 aliphatic heterocycles. The molecule has 0 heterocycles. The Morgan fingerprint density at radius 3 is 1.43 bits per heavy atom. The van der Waals surface area contributed by atoms with E-state index in [0.29, 0.717) is 18.2 Å². The molecule has 0 radical (unpaired) electrons. The van der Waals surface area contributed by atoms with Crippen LogP contribution in [0, 0.1) is 0 Å². The molecule has 0 rings (SSSR count). The second kappa shape index (κ2) is 11.4. The Morgan fingerprint density at radius 2 is 1.17 bits per heavy atom. The normalized spacial score (nSPS) is 13.5. The third-order valence-electron chi connectivity index (χ3n) is 2.97. The predicted octanol–water partition coefficient (Wildman–Crippen LogP) is 4.73. The molecule has 0 bridgehead atoms. The van der Waals surface area contributed by atoms with Crippen molar-refractivity contribution in [2.24, 2.45) is 0 Å². The van der Waals surface area contributed by atoms with Gasteiger partial charge >= 0.3 is 15.2 Å². The highest BCUT2D eigenvalue weighted by Crippen LogP contribution is 2.78.